The van der Waals surface area contributed by atoms with Crippen LogP contribution in [0.1, 0.15) is 11.1 Å². The molecule has 0 aliphatic heterocycles. The summed E-state index contributed by atoms with van der Waals surface area (Å²) in [6, 6.07) is 12.0. The van der Waals surface area contributed by atoms with E-state index in [-0.39, 0.29) is 11.7 Å². The zero-order chi connectivity index (χ0) is 16.3. The number of aryl methyl sites for hydroxylation is 1. The summed E-state index contributed by atoms with van der Waals surface area (Å²) in [6.45, 7) is 1.89. The van der Waals surface area contributed by atoms with Gasteiger partial charge < -0.3 is 15.7 Å². The molecule has 0 aliphatic carbocycles. The number of likely N-dealkylation sites (N-methyl/N-ethyl adjacent to an activating group) is 1. The number of halogens is 1. The van der Waals surface area contributed by atoms with Crippen molar-refractivity contribution in [3.8, 4) is 5.75 Å². The zero-order valence-electron chi connectivity index (χ0n) is 12.6. The van der Waals surface area contributed by atoms with E-state index in [0.717, 1.165) is 21.3 Å². The minimum Gasteiger partial charge on any atom is -0.508 e. The smallest absolute Gasteiger partial charge is 0.243 e. The maximum Gasteiger partial charge on any atom is 0.243 e. The number of phenols is 1. The van der Waals surface area contributed by atoms with Gasteiger partial charge in [-0.05, 0) is 48.7 Å². The SMILES string of the molecule is Cc1cc(O)cc(Br)c1C[C@@H](N)C(=O)N(C)c1ccccc1. The number of carbonyl (C=O) groups is 1. The Morgan fingerprint density at radius 2 is 1.95 bits per heavy atom. The molecule has 1 amide bonds. The Morgan fingerprint density at radius 3 is 2.55 bits per heavy atom. The van der Waals surface area contributed by atoms with Gasteiger partial charge in [0.15, 0.2) is 0 Å². The third-order valence-electron chi connectivity index (χ3n) is 3.62. The van der Waals surface area contributed by atoms with Crippen molar-refractivity contribution >= 4 is 27.5 Å². The number of phenolic OH excluding ortho intramolecular Hbond substituents is 1. The molecule has 0 unspecified atom stereocenters. The molecule has 1 atom stereocenters. The van der Waals surface area contributed by atoms with Crippen molar-refractivity contribution in [2.75, 3.05) is 11.9 Å². The van der Waals surface area contributed by atoms with Gasteiger partial charge in [0.25, 0.3) is 0 Å². The molecular formula is C17H19BrN2O2. The second-order valence-electron chi connectivity index (χ2n) is 5.27. The third kappa shape index (κ3) is 3.67. The molecule has 5 heteroatoms. The Hall–Kier alpha value is -1.85. The van der Waals surface area contributed by atoms with Crippen LogP contribution in [0, 0.1) is 6.92 Å². The molecule has 3 N–H and O–H groups in total. The molecule has 0 aliphatic rings. The van der Waals surface area contributed by atoms with Gasteiger partial charge in [-0.3, -0.25) is 4.79 Å². The number of rotatable bonds is 4. The summed E-state index contributed by atoms with van der Waals surface area (Å²) in [5, 5.41) is 9.56. The molecule has 2 aromatic carbocycles. The molecule has 4 nitrogen and oxygen atoms in total. The monoisotopic (exact) mass is 362 g/mol. The van der Waals surface area contributed by atoms with Crippen molar-refractivity contribution in [1.29, 1.82) is 0 Å². The van der Waals surface area contributed by atoms with Crippen LogP contribution in [0.5, 0.6) is 5.75 Å². The average molecular weight is 363 g/mol. The Bertz CT molecular complexity index is 651. The van der Waals surface area contributed by atoms with E-state index in [0.29, 0.717) is 6.42 Å². The van der Waals surface area contributed by atoms with Gasteiger partial charge in [0.2, 0.25) is 5.91 Å². The molecule has 116 valence electrons. The standard InChI is InChI=1S/C17H19BrN2O2/c1-11-8-13(21)9-15(18)14(11)10-16(19)17(22)20(2)12-6-4-3-5-7-12/h3-9,16,21H,10,19H2,1-2H3/t16-/m1/s1. The Morgan fingerprint density at radius 1 is 1.32 bits per heavy atom. The number of hydrogen-bond donors (Lipinski definition) is 2. The topological polar surface area (TPSA) is 66.6 Å². The molecule has 0 spiro atoms. The van der Waals surface area contributed by atoms with Crippen LogP contribution < -0.4 is 10.6 Å². The van der Waals surface area contributed by atoms with Gasteiger partial charge in [0, 0.05) is 17.2 Å². The van der Waals surface area contributed by atoms with Gasteiger partial charge in [0.05, 0.1) is 6.04 Å². The quantitative estimate of drug-likeness (QED) is 0.878. The molecule has 0 aromatic heterocycles. The van der Waals surface area contributed by atoms with E-state index in [2.05, 4.69) is 15.9 Å². The van der Waals surface area contributed by atoms with E-state index < -0.39 is 6.04 Å². The predicted molar refractivity (Wildman–Crippen MR) is 92.1 cm³/mol. The molecule has 0 saturated carbocycles. The molecule has 22 heavy (non-hydrogen) atoms. The van der Waals surface area contributed by atoms with Crippen LogP contribution in [0.15, 0.2) is 46.9 Å². The second kappa shape index (κ2) is 6.94. The van der Waals surface area contributed by atoms with E-state index in [1.807, 2.05) is 37.3 Å². The van der Waals surface area contributed by atoms with Crippen LogP contribution in [0.2, 0.25) is 0 Å². The fourth-order valence-electron chi connectivity index (χ4n) is 2.35. The van der Waals surface area contributed by atoms with Crippen molar-refractivity contribution in [2.24, 2.45) is 5.73 Å². The summed E-state index contributed by atoms with van der Waals surface area (Å²) in [4.78, 5) is 14.0. The first-order valence-corrected chi connectivity index (χ1v) is 7.75. The van der Waals surface area contributed by atoms with Crippen molar-refractivity contribution in [2.45, 2.75) is 19.4 Å². The zero-order valence-corrected chi connectivity index (χ0v) is 14.2. The number of amides is 1. The Balaban J connectivity index is 2.15. The number of carbonyl (C=O) groups excluding carboxylic acids is 1. The third-order valence-corrected chi connectivity index (χ3v) is 4.33. The normalized spacial score (nSPS) is 12.0. The molecule has 2 rings (SSSR count). The highest BCUT2D eigenvalue weighted by Crippen LogP contribution is 2.27. The van der Waals surface area contributed by atoms with Gasteiger partial charge >= 0.3 is 0 Å². The van der Waals surface area contributed by atoms with Crippen LogP contribution in [0.3, 0.4) is 0 Å². The summed E-state index contributed by atoms with van der Waals surface area (Å²) in [5.41, 5.74) is 8.73. The van der Waals surface area contributed by atoms with Gasteiger partial charge in [-0.1, -0.05) is 34.1 Å². The van der Waals surface area contributed by atoms with E-state index >= 15 is 0 Å². The molecule has 0 bridgehead atoms. The van der Waals surface area contributed by atoms with Gasteiger partial charge in [0.1, 0.15) is 5.75 Å². The first-order valence-electron chi connectivity index (χ1n) is 6.96. The molecule has 0 radical (unpaired) electrons. The number of hydrogen-bond acceptors (Lipinski definition) is 3. The van der Waals surface area contributed by atoms with E-state index in [4.69, 9.17) is 5.73 Å². The van der Waals surface area contributed by atoms with Crippen molar-refractivity contribution in [3.63, 3.8) is 0 Å². The molecule has 0 saturated heterocycles. The number of anilines is 1. The van der Waals surface area contributed by atoms with Crippen LogP contribution in [0.25, 0.3) is 0 Å². The van der Waals surface area contributed by atoms with E-state index in [9.17, 15) is 9.90 Å². The summed E-state index contributed by atoms with van der Waals surface area (Å²) < 4.78 is 0.760. The summed E-state index contributed by atoms with van der Waals surface area (Å²) >= 11 is 3.42. The van der Waals surface area contributed by atoms with Crippen molar-refractivity contribution in [1.82, 2.24) is 0 Å². The van der Waals surface area contributed by atoms with Crippen molar-refractivity contribution in [3.05, 3.63) is 58.1 Å². The number of nitrogens with two attached hydrogens (primary N) is 1. The molecule has 0 heterocycles. The predicted octanol–water partition coefficient (Wildman–Crippen LogP) is 3.00. The number of nitrogens with zero attached hydrogens (tertiary/aromatic N) is 1. The van der Waals surface area contributed by atoms with E-state index in [1.54, 1.807) is 24.1 Å². The van der Waals surface area contributed by atoms with Gasteiger partial charge in [-0.25, -0.2) is 0 Å². The summed E-state index contributed by atoms with van der Waals surface area (Å²) in [7, 11) is 1.72. The fraction of sp³-hybridized carbons (Fsp3) is 0.235. The highest BCUT2D eigenvalue weighted by atomic mass is 79.9. The molecule has 0 fully saturated rings. The minimum atomic E-state index is -0.648. The maximum absolute atomic E-state index is 12.5. The lowest BCUT2D eigenvalue weighted by Crippen LogP contribution is -2.43. The number of para-hydroxylation sites is 1. The molecular weight excluding hydrogens is 344 g/mol. The average Bonchev–Trinajstić information content (AvgIpc) is 2.50. The van der Waals surface area contributed by atoms with Gasteiger partial charge in [-0.15, -0.1) is 0 Å². The first kappa shape index (κ1) is 16.5. The van der Waals surface area contributed by atoms with Crippen molar-refractivity contribution < 1.29 is 9.90 Å². The van der Waals surface area contributed by atoms with Crippen LogP contribution in [-0.4, -0.2) is 24.1 Å². The van der Waals surface area contributed by atoms with Gasteiger partial charge in [-0.2, -0.15) is 0 Å². The Labute approximate surface area is 138 Å². The fourth-order valence-corrected chi connectivity index (χ4v) is 3.06. The lowest BCUT2D eigenvalue weighted by molar-refractivity contribution is -0.119. The number of benzene rings is 2. The lowest BCUT2D eigenvalue weighted by Gasteiger charge is -2.22. The van der Waals surface area contributed by atoms with Crippen LogP contribution in [0.4, 0.5) is 5.69 Å². The second-order valence-corrected chi connectivity index (χ2v) is 6.12. The first-order chi connectivity index (χ1) is 10.4. The van der Waals surface area contributed by atoms with E-state index in [1.165, 1.54) is 0 Å². The largest absolute Gasteiger partial charge is 0.508 e. The maximum atomic E-state index is 12.5. The Kier molecular flexibility index (Phi) is 5.21. The highest BCUT2D eigenvalue weighted by molar-refractivity contribution is 9.10. The number of aromatic hydroxyl groups is 1. The van der Waals surface area contributed by atoms with Crippen LogP contribution in [-0.2, 0) is 11.2 Å². The highest BCUT2D eigenvalue weighted by Gasteiger charge is 2.21. The molecule has 2 aromatic rings. The minimum absolute atomic E-state index is 0.148. The summed E-state index contributed by atoms with van der Waals surface area (Å²) in [6.07, 6.45) is 0.405. The lowest BCUT2D eigenvalue weighted by atomic mass is 10.0. The van der Waals surface area contributed by atoms with Crippen LogP contribution >= 0.6 is 15.9 Å². The summed E-state index contributed by atoms with van der Waals surface area (Å²) in [5.74, 6) is 0.0417.